The van der Waals surface area contributed by atoms with Gasteiger partial charge in [0.2, 0.25) is 5.91 Å². The summed E-state index contributed by atoms with van der Waals surface area (Å²) in [5.74, 6) is 2.64. The van der Waals surface area contributed by atoms with Gasteiger partial charge in [-0.05, 0) is 67.4 Å². The SMILES string of the molecule is O=C(c1cccnc1)N1CCC(C2=CC(C(=O)N3CCCC4CCCCC43)CS2)CC1. The Morgan fingerprint density at radius 2 is 1.81 bits per heavy atom. The van der Waals surface area contributed by atoms with Crippen molar-refractivity contribution in [1.82, 2.24) is 14.8 Å². The highest BCUT2D eigenvalue weighted by Gasteiger charge is 2.39. The Labute approximate surface area is 189 Å². The fraction of sp³-hybridized carbons (Fsp3) is 0.640. The van der Waals surface area contributed by atoms with E-state index >= 15 is 0 Å². The highest BCUT2D eigenvalue weighted by molar-refractivity contribution is 8.03. The standard InChI is InChI=1S/C25H33N3O2S/c29-24(20-6-3-11-26-16-20)27-13-9-19(10-14-27)23-15-21(17-31-23)25(30)28-12-4-7-18-5-1-2-8-22(18)28/h3,6,11,15-16,18-19,21-22H,1-2,4-5,7-10,12-14,17H2. The number of carbonyl (C=O) groups is 2. The Hall–Kier alpha value is -1.82. The zero-order valence-corrected chi connectivity index (χ0v) is 19.1. The van der Waals surface area contributed by atoms with Gasteiger partial charge in [-0.3, -0.25) is 14.6 Å². The molecule has 0 radical (unpaired) electrons. The summed E-state index contributed by atoms with van der Waals surface area (Å²) >= 11 is 1.88. The van der Waals surface area contributed by atoms with Crippen LogP contribution < -0.4 is 0 Å². The van der Waals surface area contributed by atoms with Crippen LogP contribution in [0.5, 0.6) is 0 Å². The first kappa shape index (κ1) is 21.0. The molecule has 3 fully saturated rings. The van der Waals surface area contributed by atoms with Gasteiger partial charge in [0.15, 0.2) is 0 Å². The van der Waals surface area contributed by atoms with E-state index < -0.39 is 0 Å². The fourth-order valence-corrected chi connectivity index (χ4v) is 7.37. The lowest BCUT2D eigenvalue weighted by molar-refractivity contribution is -0.139. The molecule has 5 nitrogen and oxygen atoms in total. The number of fused-ring (bicyclic) bond motifs is 1. The molecule has 0 bridgehead atoms. The van der Waals surface area contributed by atoms with Crippen LogP contribution in [0.25, 0.3) is 0 Å². The minimum Gasteiger partial charge on any atom is -0.339 e. The first-order chi connectivity index (χ1) is 15.2. The van der Waals surface area contributed by atoms with Crippen molar-refractivity contribution in [3.63, 3.8) is 0 Å². The number of hydrogen-bond acceptors (Lipinski definition) is 4. The molecule has 3 atom stereocenters. The van der Waals surface area contributed by atoms with Crippen molar-refractivity contribution in [3.8, 4) is 0 Å². The predicted octanol–water partition coefficient (Wildman–Crippen LogP) is 4.36. The number of nitrogens with zero attached hydrogens (tertiary/aromatic N) is 3. The summed E-state index contributed by atoms with van der Waals surface area (Å²) in [4.78, 5) is 35.7. The van der Waals surface area contributed by atoms with Crippen LogP contribution in [0.3, 0.4) is 0 Å². The summed E-state index contributed by atoms with van der Waals surface area (Å²) in [7, 11) is 0. The number of likely N-dealkylation sites (tertiary alicyclic amines) is 2. The summed E-state index contributed by atoms with van der Waals surface area (Å²) in [5.41, 5.74) is 0.670. The quantitative estimate of drug-likeness (QED) is 0.702. The number of thioether (sulfide) groups is 1. The monoisotopic (exact) mass is 439 g/mol. The molecule has 2 amide bonds. The van der Waals surface area contributed by atoms with E-state index in [4.69, 9.17) is 0 Å². The Morgan fingerprint density at radius 1 is 1.00 bits per heavy atom. The van der Waals surface area contributed by atoms with Gasteiger partial charge >= 0.3 is 0 Å². The number of rotatable bonds is 3. The summed E-state index contributed by atoms with van der Waals surface area (Å²) in [6.45, 7) is 2.52. The van der Waals surface area contributed by atoms with Crippen LogP contribution in [0.1, 0.15) is 61.7 Å². The Balaban J connectivity index is 1.18. The largest absolute Gasteiger partial charge is 0.339 e. The van der Waals surface area contributed by atoms with Gasteiger partial charge in [0.05, 0.1) is 11.5 Å². The third-order valence-corrected chi connectivity index (χ3v) is 9.06. The van der Waals surface area contributed by atoms with E-state index in [9.17, 15) is 9.59 Å². The molecule has 0 aromatic carbocycles. The van der Waals surface area contributed by atoms with Gasteiger partial charge in [0.25, 0.3) is 5.91 Å². The molecule has 1 aromatic rings. The molecule has 1 aromatic heterocycles. The van der Waals surface area contributed by atoms with Gasteiger partial charge in [-0.1, -0.05) is 18.9 Å². The first-order valence-corrected chi connectivity index (χ1v) is 13.0. The molecular weight excluding hydrogens is 406 g/mol. The lowest BCUT2D eigenvalue weighted by atomic mass is 9.78. The van der Waals surface area contributed by atoms with E-state index in [0.29, 0.717) is 23.4 Å². The second kappa shape index (κ2) is 9.35. The highest BCUT2D eigenvalue weighted by atomic mass is 32.2. The molecule has 0 spiro atoms. The minimum absolute atomic E-state index is 0.0516. The second-order valence-corrected chi connectivity index (χ2v) is 10.7. The average Bonchev–Trinajstić information content (AvgIpc) is 3.34. The topological polar surface area (TPSA) is 53.5 Å². The maximum Gasteiger partial charge on any atom is 0.255 e. The van der Waals surface area contributed by atoms with Gasteiger partial charge in [0, 0.05) is 43.8 Å². The molecule has 4 heterocycles. The lowest BCUT2D eigenvalue weighted by Gasteiger charge is -2.44. The summed E-state index contributed by atoms with van der Waals surface area (Å²) in [6.07, 6.45) is 15.2. The fourth-order valence-electron chi connectivity index (χ4n) is 6.03. The van der Waals surface area contributed by atoms with Gasteiger partial charge in [-0.25, -0.2) is 0 Å². The van der Waals surface area contributed by atoms with Crippen LogP contribution >= 0.6 is 11.8 Å². The highest BCUT2D eigenvalue weighted by Crippen LogP contribution is 2.42. The van der Waals surface area contributed by atoms with Crippen LogP contribution in [0.4, 0.5) is 0 Å². The van der Waals surface area contributed by atoms with Crippen LogP contribution in [0, 0.1) is 17.8 Å². The van der Waals surface area contributed by atoms with E-state index in [-0.39, 0.29) is 11.8 Å². The molecule has 31 heavy (non-hydrogen) atoms. The molecule has 0 N–H and O–H groups in total. The molecule has 5 rings (SSSR count). The number of hydrogen-bond donors (Lipinski definition) is 0. The van der Waals surface area contributed by atoms with Crippen molar-refractivity contribution in [1.29, 1.82) is 0 Å². The van der Waals surface area contributed by atoms with Gasteiger partial charge in [-0.2, -0.15) is 0 Å². The van der Waals surface area contributed by atoms with Crippen molar-refractivity contribution in [2.75, 3.05) is 25.4 Å². The van der Waals surface area contributed by atoms with E-state index in [2.05, 4.69) is 16.0 Å². The summed E-state index contributed by atoms with van der Waals surface area (Å²) < 4.78 is 0. The van der Waals surface area contributed by atoms with Crippen molar-refractivity contribution in [2.24, 2.45) is 17.8 Å². The Kier molecular flexibility index (Phi) is 6.35. The van der Waals surface area contributed by atoms with Crippen molar-refractivity contribution in [2.45, 2.75) is 57.4 Å². The number of aromatic nitrogens is 1. The van der Waals surface area contributed by atoms with Gasteiger partial charge in [0.1, 0.15) is 0 Å². The predicted molar refractivity (Wildman–Crippen MR) is 124 cm³/mol. The molecule has 1 aliphatic carbocycles. The number of piperidine rings is 2. The van der Waals surface area contributed by atoms with Crippen LogP contribution in [0.2, 0.25) is 0 Å². The van der Waals surface area contributed by atoms with Crippen LogP contribution in [0.15, 0.2) is 35.5 Å². The minimum atomic E-state index is 0.0516. The molecule has 2 saturated heterocycles. The van der Waals surface area contributed by atoms with Crippen LogP contribution in [-0.2, 0) is 4.79 Å². The molecule has 3 unspecified atom stereocenters. The summed E-state index contributed by atoms with van der Waals surface area (Å²) in [6, 6.07) is 4.15. The third-order valence-electron chi connectivity index (χ3n) is 7.73. The zero-order valence-electron chi connectivity index (χ0n) is 18.2. The van der Waals surface area contributed by atoms with Gasteiger partial charge < -0.3 is 9.80 Å². The van der Waals surface area contributed by atoms with E-state index in [1.165, 1.54) is 43.4 Å². The number of pyridine rings is 1. The Bertz CT molecular complexity index is 832. The van der Waals surface area contributed by atoms with Crippen molar-refractivity contribution in [3.05, 3.63) is 41.1 Å². The number of amides is 2. The third kappa shape index (κ3) is 4.41. The zero-order chi connectivity index (χ0) is 21.2. The second-order valence-electron chi connectivity index (χ2n) is 9.58. The smallest absolute Gasteiger partial charge is 0.255 e. The maximum atomic E-state index is 13.4. The molecule has 3 aliphatic heterocycles. The molecule has 166 valence electrons. The normalized spacial score (nSPS) is 29.4. The van der Waals surface area contributed by atoms with Crippen molar-refractivity contribution >= 4 is 23.6 Å². The molecular formula is C25H33N3O2S. The first-order valence-electron chi connectivity index (χ1n) is 12.0. The molecule has 6 heteroatoms. The number of carbonyl (C=O) groups excluding carboxylic acids is 2. The van der Waals surface area contributed by atoms with E-state index in [1.54, 1.807) is 12.4 Å². The lowest BCUT2D eigenvalue weighted by Crippen LogP contribution is -2.51. The summed E-state index contributed by atoms with van der Waals surface area (Å²) in [5, 5.41) is 0. The van der Waals surface area contributed by atoms with E-state index in [0.717, 1.165) is 44.1 Å². The molecule has 1 saturated carbocycles. The van der Waals surface area contributed by atoms with E-state index in [1.807, 2.05) is 28.8 Å². The molecule has 4 aliphatic rings. The van der Waals surface area contributed by atoms with Crippen molar-refractivity contribution < 1.29 is 9.59 Å². The average molecular weight is 440 g/mol. The van der Waals surface area contributed by atoms with Crippen LogP contribution in [-0.4, -0.2) is 58.0 Å². The Morgan fingerprint density at radius 3 is 2.61 bits per heavy atom. The number of allylic oxidation sites excluding steroid dienone is 1. The van der Waals surface area contributed by atoms with Gasteiger partial charge in [-0.15, -0.1) is 11.8 Å². The maximum absolute atomic E-state index is 13.4.